The summed E-state index contributed by atoms with van der Waals surface area (Å²) in [7, 11) is 0. The van der Waals surface area contributed by atoms with Gasteiger partial charge in [-0.1, -0.05) is 45.9 Å². The molecule has 2 aromatic rings. The first kappa shape index (κ1) is 24.3. The predicted octanol–water partition coefficient (Wildman–Crippen LogP) is 5.23. The van der Waals surface area contributed by atoms with E-state index in [-0.39, 0.29) is 5.91 Å². The summed E-state index contributed by atoms with van der Waals surface area (Å²) in [5, 5.41) is 4.33. The van der Waals surface area contributed by atoms with Gasteiger partial charge < -0.3 is 20.5 Å². The van der Waals surface area contributed by atoms with Gasteiger partial charge in [0.05, 0.1) is 12.2 Å². The van der Waals surface area contributed by atoms with E-state index >= 15 is 0 Å². The van der Waals surface area contributed by atoms with Crippen LogP contribution in [0.3, 0.4) is 0 Å². The van der Waals surface area contributed by atoms with Crippen LogP contribution in [0.5, 0.6) is 0 Å². The molecule has 0 unspecified atom stereocenters. The second-order valence-corrected chi connectivity index (χ2v) is 11.4. The van der Waals surface area contributed by atoms with Gasteiger partial charge in [0, 0.05) is 36.8 Å². The molecule has 1 saturated heterocycles. The third-order valence-electron chi connectivity index (χ3n) is 8.16. The molecule has 3 N–H and O–H groups in total. The number of benzene rings is 1. The Hall–Kier alpha value is -1.85. The SMILES string of the molecule is CC(C)CC(=O)NCc1cc2ccccc2n1C1(N)CCN(C2CCC(C(C)C)CC2)CC1. The third kappa shape index (κ3) is 5.46. The molecule has 0 atom stereocenters. The van der Waals surface area contributed by atoms with Gasteiger partial charge in [-0.25, -0.2) is 0 Å². The Morgan fingerprint density at radius 3 is 2.39 bits per heavy atom. The lowest BCUT2D eigenvalue weighted by Gasteiger charge is -2.46. The van der Waals surface area contributed by atoms with E-state index < -0.39 is 5.66 Å². The molecule has 0 radical (unpaired) electrons. The molecule has 2 fully saturated rings. The molecule has 1 saturated carbocycles. The number of carbonyl (C=O) groups excluding carboxylic acids is 1. The molecule has 2 aliphatic rings. The number of nitrogens with one attached hydrogen (secondary N) is 1. The van der Waals surface area contributed by atoms with E-state index in [2.05, 4.69) is 72.8 Å². The van der Waals surface area contributed by atoms with Gasteiger partial charge in [0.15, 0.2) is 0 Å². The number of carbonyl (C=O) groups is 1. The van der Waals surface area contributed by atoms with Crippen molar-refractivity contribution in [3.63, 3.8) is 0 Å². The van der Waals surface area contributed by atoms with Crippen molar-refractivity contribution < 1.29 is 4.79 Å². The van der Waals surface area contributed by atoms with Crippen molar-refractivity contribution in [2.45, 2.75) is 90.9 Å². The van der Waals surface area contributed by atoms with Gasteiger partial charge in [-0.2, -0.15) is 0 Å². The Balaban J connectivity index is 1.47. The topological polar surface area (TPSA) is 63.3 Å². The van der Waals surface area contributed by atoms with Crippen LogP contribution in [0.25, 0.3) is 10.9 Å². The van der Waals surface area contributed by atoms with Crippen LogP contribution in [-0.2, 0) is 17.0 Å². The second-order valence-electron chi connectivity index (χ2n) is 11.4. The minimum Gasteiger partial charge on any atom is -0.351 e. The summed E-state index contributed by atoms with van der Waals surface area (Å²) in [6, 6.07) is 11.4. The predicted molar refractivity (Wildman–Crippen MR) is 137 cm³/mol. The average Bonchev–Trinajstić information content (AvgIpc) is 3.17. The number of nitrogens with two attached hydrogens (primary N) is 1. The van der Waals surface area contributed by atoms with Gasteiger partial charge in [0.1, 0.15) is 0 Å². The van der Waals surface area contributed by atoms with Crippen LogP contribution < -0.4 is 11.1 Å². The molecule has 4 rings (SSSR count). The average molecular weight is 453 g/mol. The zero-order valence-corrected chi connectivity index (χ0v) is 21.1. The highest BCUT2D eigenvalue weighted by atomic mass is 16.1. The molecular formula is C28H44N4O. The van der Waals surface area contributed by atoms with Gasteiger partial charge in [0.25, 0.3) is 0 Å². The number of aromatic nitrogens is 1. The van der Waals surface area contributed by atoms with Gasteiger partial charge >= 0.3 is 0 Å². The van der Waals surface area contributed by atoms with Crippen LogP contribution in [0.4, 0.5) is 0 Å². The quantitative estimate of drug-likeness (QED) is 0.605. The maximum Gasteiger partial charge on any atom is 0.220 e. The number of hydrogen-bond acceptors (Lipinski definition) is 3. The Morgan fingerprint density at radius 2 is 1.76 bits per heavy atom. The lowest BCUT2D eigenvalue weighted by molar-refractivity contribution is -0.122. The minimum atomic E-state index is -0.410. The molecule has 5 nitrogen and oxygen atoms in total. The summed E-state index contributed by atoms with van der Waals surface area (Å²) in [6.07, 6.45) is 7.86. The fraction of sp³-hybridized carbons (Fsp3) is 0.679. The van der Waals surface area contributed by atoms with Crippen LogP contribution in [0.1, 0.15) is 78.3 Å². The number of likely N-dealkylation sites (tertiary alicyclic amines) is 1. The summed E-state index contributed by atoms with van der Waals surface area (Å²) in [4.78, 5) is 15.0. The van der Waals surface area contributed by atoms with E-state index in [9.17, 15) is 4.79 Å². The first-order valence-electron chi connectivity index (χ1n) is 13.2. The Bertz CT molecular complexity index is 931. The first-order valence-corrected chi connectivity index (χ1v) is 13.2. The van der Waals surface area contributed by atoms with E-state index in [1.807, 2.05) is 0 Å². The lowest BCUT2D eigenvalue weighted by atomic mass is 9.78. The highest BCUT2D eigenvalue weighted by Crippen LogP contribution is 2.37. The normalized spacial score (nSPS) is 24.0. The van der Waals surface area contributed by atoms with E-state index in [1.165, 1.54) is 36.6 Å². The van der Waals surface area contributed by atoms with Crippen molar-refractivity contribution in [1.29, 1.82) is 0 Å². The van der Waals surface area contributed by atoms with Gasteiger partial charge in [-0.3, -0.25) is 4.79 Å². The van der Waals surface area contributed by atoms with Crippen molar-refractivity contribution in [2.75, 3.05) is 13.1 Å². The van der Waals surface area contributed by atoms with Crippen molar-refractivity contribution in [1.82, 2.24) is 14.8 Å². The zero-order chi connectivity index (χ0) is 23.6. The van der Waals surface area contributed by atoms with Crippen LogP contribution in [0.2, 0.25) is 0 Å². The minimum absolute atomic E-state index is 0.111. The molecule has 33 heavy (non-hydrogen) atoms. The number of hydrogen-bond donors (Lipinski definition) is 2. The van der Waals surface area contributed by atoms with E-state index in [1.54, 1.807) is 0 Å². The summed E-state index contributed by atoms with van der Waals surface area (Å²) >= 11 is 0. The fourth-order valence-corrected chi connectivity index (χ4v) is 6.13. The van der Waals surface area contributed by atoms with Crippen molar-refractivity contribution in [2.24, 2.45) is 23.5 Å². The molecular weight excluding hydrogens is 408 g/mol. The van der Waals surface area contributed by atoms with Gasteiger partial charge in [0.2, 0.25) is 5.91 Å². The number of para-hydroxylation sites is 1. The smallest absolute Gasteiger partial charge is 0.220 e. The molecule has 1 aromatic heterocycles. The van der Waals surface area contributed by atoms with Gasteiger partial charge in [-0.15, -0.1) is 0 Å². The van der Waals surface area contributed by atoms with Crippen molar-refractivity contribution in [3.8, 4) is 0 Å². The largest absolute Gasteiger partial charge is 0.351 e. The lowest BCUT2D eigenvalue weighted by Crippen LogP contribution is -2.55. The molecule has 0 spiro atoms. The van der Waals surface area contributed by atoms with Crippen LogP contribution in [0, 0.1) is 17.8 Å². The molecule has 2 heterocycles. The fourth-order valence-electron chi connectivity index (χ4n) is 6.13. The first-order chi connectivity index (χ1) is 15.8. The van der Waals surface area contributed by atoms with Crippen LogP contribution >= 0.6 is 0 Å². The molecule has 1 aliphatic heterocycles. The van der Waals surface area contributed by atoms with E-state index in [0.29, 0.717) is 18.9 Å². The van der Waals surface area contributed by atoms with Crippen molar-refractivity contribution >= 4 is 16.8 Å². The Labute approximate surface area is 200 Å². The van der Waals surface area contributed by atoms with Crippen molar-refractivity contribution in [3.05, 3.63) is 36.0 Å². The summed E-state index contributed by atoms with van der Waals surface area (Å²) in [5.41, 5.74) is 9.04. The van der Waals surface area contributed by atoms with Gasteiger partial charge in [-0.05, 0) is 73.8 Å². The molecule has 182 valence electrons. The standard InChI is InChI=1S/C28H44N4O/c1-20(2)17-27(33)30-19-25-18-23-7-5-6-8-26(23)32(25)28(29)13-15-31(16-14-28)24-11-9-22(10-12-24)21(3)4/h5-8,18,20-22,24H,9-17,19,29H2,1-4H3,(H,30,33). The molecule has 1 amide bonds. The second kappa shape index (κ2) is 10.2. The molecule has 1 aromatic carbocycles. The monoisotopic (exact) mass is 452 g/mol. The third-order valence-corrected chi connectivity index (χ3v) is 8.16. The van der Waals surface area contributed by atoms with E-state index in [0.717, 1.165) is 49.5 Å². The number of rotatable bonds is 7. The number of amides is 1. The Morgan fingerprint density at radius 1 is 1.09 bits per heavy atom. The number of nitrogens with zero attached hydrogens (tertiary/aromatic N) is 2. The highest BCUT2D eigenvalue weighted by Gasteiger charge is 2.37. The number of piperidine rings is 1. The Kier molecular flexibility index (Phi) is 7.49. The summed E-state index contributed by atoms with van der Waals surface area (Å²) in [6.45, 7) is 11.5. The maximum absolute atomic E-state index is 12.3. The molecule has 1 aliphatic carbocycles. The maximum atomic E-state index is 12.3. The zero-order valence-electron chi connectivity index (χ0n) is 21.1. The van der Waals surface area contributed by atoms with E-state index in [4.69, 9.17) is 5.73 Å². The molecule has 5 heteroatoms. The summed E-state index contributed by atoms with van der Waals surface area (Å²) in [5.74, 6) is 2.18. The van der Waals surface area contributed by atoms with Crippen LogP contribution in [0.15, 0.2) is 30.3 Å². The summed E-state index contributed by atoms with van der Waals surface area (Å²) < 4.78 is 2.34. The highest BCUT2D eigenvalue weighted by molar-refractivity contribution is 5.82. The van der Waals surface area contributed by atoms with Crippen LogP contribution in [-0.4, -0.2) is 34.5 Å². The molecule has 0 bridgehead atoms. The number of fused-ring (bicyclic) bond motifs is 1.